The topological polar surface area (TPSA) is 56.1 Å². The predicted molar refractivity (Wildman–Crippen MR) is 134 cm³/mol. The van der Waals surface area contributed by atoms with E-state index in [0.717, 1.165) is 30.9 Å². The number of nitrogens with zero attached hydrogens (tertiary/aromatic N) is 2. The van der Waals surface area contributed by atoms with Gasteiger partial charge in [-0.15, -0.1) is 0 Å². The Morgan fingerprint density at radius 1 is 1.00 bits per heavy atom. The Bertz CT molecular complexity index is 1370. The minimum Gasteiger partial charge on any atom is -0.371 e. The van der Waals surface area contributed by atoms with Crippen LogP contribution < -0.4 is 5.32 Å². The molecule has 3 aromatic carbocycles. The highest BCUT2D eigenvalue weighted by atomic mass is 19.4. The first kappa shape index (κ1) is 24.8. The number of carbonyl (C=O) groups excluding carboxylic acids is 1. The molecule has 0 aliphatic heterocycles. The molecule has 1 amide bonds. The van der Waals surface area contributed by atoms with Gasteiger partial charge in [-0.2, -0.15) is 13.2 Å². The first-order valence-corrected chi connectivity index (χ1v) is 12.2. The molecule has 1 fully saturated rings. The van der Waals surface area contributed by atoms with Crippen LogP contribution in [0.3, 0.4) is 0 Å². The van der Waals surface area contributed by atoms with Crippen molar-refractivity contribution in [2.45, 2.75) is 44.2 Å². The van der Waals surface area contributed by atoms with Crippen LogP contribution in [-0.2, 0) is 17.5 Å². The number of hydrogen-bond donors (Lipinski definition) is 1. The second kappa shape index (κ2) is 10.6. The first-order chi connectivity index (χ1) is 17.9. The molecule has 1 aliphatic carbocycles. The Hall–Kier alpha value is -3.91. The van der Waals surface area contributed by atoms with Crippen LogP contribution >= 0.6 is 0 Å². The summed E-state index contributed by atoms with van der Waals surface area (Å²) in [4.78, 5) is 17.4. The summed E-state index contributed by atoms with van der Waals surface area (Å²) >= 11 is 0. The van der Waals surface area contributed by atoms with Gasteiger partial charge in [-0.1, -0.05) is 60.7 Å². The smallest absolute Gasteiger partial charge is 0.371 e. The standard InChI is InChI=1S/C29H26F3N3O2/c30-29(31,32)24-13-5-4-12-23(24)21-10-6-11-22(16-21)35-19-33-17-26(35)28(36)34-25-14-7-15-27(25)37-18-20-8-2-1-3-9-20/h1-6,8-13,16-17,19,25,27H,7,14-15,18H2,(H,34,36)/t25-,27-/m1/s1. The maximum atomic E-state index is 13.6. The van der Waals surface area contributed by atoms with Crippen LogP contribution in [-0.4, -0.2) is 27.6 Å². The summed E-state index contributed by atoms with van der Waals surface area (Å²) < 4.78 is 48.4. The number of alkyl halides is 3. The third-order valence-corrected chi connectivity index (χ3v) is 6.61. The van der Waals surface area contributed by atoms with Gasteiger partial charge in [-0.05, 0) is 54.2 Å². The Kier molecular flexibility index (Phi) is 7.10. The largest absolute Gasteiger partial charge is 0.417 e. The zero-order valence-electron chi connectivity index (χ0n) is 20.0. The quantitative estimate of drug-likeness (QED) is 0.315. The van der Waals surface area contributed by atoms with E-state index in [1.807, 2.05) is 30.3 Å². The molecule has 2 atom stereocenters. The lowest BCUT2D eigenvalue weighted by molar-refractivity contribution is -0.137. The van der Waals surface area contributed by atoms with Crippen LogP contribution in [0.5, 0.6) is 0 Å². The first-order valence-electron chi connectivity index (χ1n) is 12.2. The number of imidazole rings is 1. The van der Waals surface area contributed by atoms with Crippen LogP contribution in [0.1, 0.15) is 40.9 Å². The number of aromatic nitrogens is 2. The lowest BCUT2D eigenvalue weighted by Crippen LogP contribution is -2.41. The average Bonchev–Trinajstić information content (AvgIpc) is 3.57. The molecular formula is C29H26F3N3O2. The molecule has 1 N–H and O–H groups in total. The maximum Gasteiger partial charge on any atom is 0.417 e. The number of halogens is 3. The Balaban J connectivity index is 1.34. The summed E-state index contributed by atoms with van der Waals surface area (Å²) in [6.07, 6.45) is 0.989. The number of rotatable bonds is 7. The summed E-state index contributed by atoms with van der Waals surface area (Å²) in [6.45, 7) is 0.474. The lowest BCUT2D eigenvalue weighted by Gasteiger charge is -2.22. The predicted octanol–water partition coefficient (Wildman–Crippen LogP) is 6.43. The molecule has 8 heteroatoms. The fourth-order valence-electron chi connectivity index (χ4n) is 4.78. The van der Waals surface area contributed by atoms with Crippen LogP contribution in [0.4, 0.5) is 13.2 Å². The van der Waals surface area contributed by atoms with Gasteiger partial charge in [0.25, 0.3) is 5.91 Å². The number of amides is 1. The van der Waals surface area contributed by atoms with Gasteiger partial charge in [0, 0.05) is 5.69 Å². The third kappa shape index (κ3) is 5.59. The molecule has 0 saturated heterocycles. The van der Waals surface area contributed by atoms with Crippen molar-refractivity contribution in [1.82, 2.24) is 14.9 Å². The number of ether oxygens (including phenoxy) is 1. The second-order valence-corrected chi connectivity index (χ2v) is 9.09. The van der Waals surface area contributed by atoms with Crippen LogP contribution in [0.25, 0.3) is 16.8 Å². The molecule has 4 aromatic rings. The number of nitrogens with one attached hydrogen (secondary N) is 1. The van der Waals surface area contributed by atoms with Crippen molar-refractivity contribution in [1.29, 1.82) is 0 Å². The van der Waals surface area contributed by atoms with E-state index in [2.05, 4.69) is 10.3 Å². The van der Waals surface area contributed by atoms with Gasteiger partial charge in [-0.25, -0.2) is 4.98 Å². The van der Waals surface area contributed by atoms with E-state index in [0.29, 0.717) is 23.6 Å². The van der Waals surface area contributed by atoms with Gasteiger partial charge in [0.05, 0.1) is 36.8 Å². The molecule has 5 rings (SSSR count). The van der Waals surface area contributed by atoms with E-state index in [-0.39, 0.29) is 23.6 Å². The normalized spacial score (nSPS) is 17.6. The highest BCUT2D eigenvalue weighted by Crippen LogP contribution is 2.37. The third-order valence-electron chi connectivity index (χ3n) is 6.61. The molecule has 0 unspecified atom stereocenters. The van der Waals surface area contributed by atoms with Crippen molar-refractivity contribution in [3.63, 3.8) is 0 Å². The minimum absolute atomic E-state index is 0.0762. The van der Waals surface area contributed by atoms with Gasteiger partial charge in [0.15, 0.2) is 0 Å². The van der Waals surface area contributed by atoms with Crippen LogP contribution in [0, 0.1) is 0 Å². The van der Waals surface area contributed by atoms with E-state index in [1.165, 1.54) is 24.7 Å². The monoisotopic (exact) mass is 505 g/mol. The zero-order chi connectivity index (χ0) is 25.8. The van der Waals surface area contributed by atoms with Crippen LogP contribution in [0.2, 0.25) is 0 Å². The summed E-state index contributed by atoms with van der Waals surface area (Å²) in [5.74, 6) is -0.307. The highest BCUT2D eigenvalue weighted by molar-refractivity contribution is 5.93. The Morgan fingerprint density at radius 2 is 1.78 bits per heavy atom. The molecule has 0 spiro atoms. The second-order valence-electron chi connectivity index (χ2n) is 9.09. The molecule has 5 nitrogen and oxygen atoms in total. The summed E-state index contributed by atoms with van der Waals surface area (Å²) in [5.41, 5.74) is 1.68. The van der Waals surface area contributed by atoms with Crippen molar-refractivity contribution < 1.29 is 22.7 Å². The number of benzene rings is 3. The molecular weight excluding hydrogens is 479 g/mol. The molecule has 1 heterocycles. The van der Waals surface area contributed by atoms with E-state index in [4.69, 9.17) is 4.74 Å². The molecule has 1 saturated carbocycles. The van der Waals surface area contributed by atoms with E-state index >= 15 is 0 Å². The van der Waals surface area contributed by atoms with Crippen LogP contribution in [0.15, 0.2) is 91.4 Å². The van der Waals surface area contributed by atoms with Gasteiger partial charge in [0.2, 0.25) is 0 Å². The fourth-order valence-corrected chi connectivity index (χ4v) is 4.78. The van der Waals surface area contributed by atoms with Crippen molar-refractivity contribution in [2.24, 2.45) is 0 Å². The molecule has 190 valence electrons. The number of carbonyl (C=O) groups is 1. The number of hydrogen-bond acceptors (Lipinski definition) is 3. The molecule has 0 radical (unpaired) electrons. The molecule has 1 aromatic heterocycles. The van der Waals surface area contributed by atoms with Crippen molar-refractivity contribution in [3.8, 4) is 16.8 Å². The van der Waals surface area contributed by atoms with E-state index in [9.17, 15) is 18.0 Å². The van der Waals surface area contributed by atoms with Crippen molar-refractivity contribution in [3.05, 3.63) is 108 Å². The zero-order valence-corrected chi connectivity index (χ0v) is 20.0. The van der Waals surface area contributed by atoms with Gasteiger partial charge >= 0.3 is 6.18 Å². The minimum atomic E-state index is -4.48. The fraction of sp³-hybridized carbons (Fsp3) is 0.241. The Morgan fingerprint density at radius 3 is 2.59 bits per heavy atom. The summed E-state index contributed by atoms with van der Waals surface area (Å²) in [5, 5.41) is 3.08. The summed E-state index contributed by atoms with van der Waals surface area (Å²) in [7, 11) is 0. The lowest BCUT2D eigenvalue weighted by atomic mass is 9.99. The van der Waals surface area contributed by atoms with Gasteiger partial charge in [-0.3, -0.25) is 9.36 Å². The maximum absolute atomic E-state index is 13.6. The molecule has 1 aliphatic rings. The summed E-state index contributed by atoms with van der Waals surface area (Å²) in [6, 6.07) is 21.9. The SMILES string of the molecule is O=C(N[C@@H]1CCC[C@H]1OCc1ccccc1)c1cncn1-c1cccc(-c2ccccc2C(F)(F)F)c1. The Labute approximate surface area is 212 Å². The van der Waals surface area contributed by atoms with E-state index in [1.54, 1.807) is 34.9 Å². The van der Waals surface area contributed by atoms with E-state index < -0.39 is 11.7 Å². The van der Waals surface area contributed by atoms with Crippen molar-refractivity contribution in [2.75, 3.05) is 0 Å². The van der Waals surface area contributed by atoms with Gasteiger partial charge < -0.3 is 10.1 Å². The molecule has 37 heavy (non-hydrogen) atoms. The highest BCUT2D eigenvalue weighted by Gasteiger charge is 2.33. The van der Waals surface area contributed by atoms with Gasteiger partial charge in [0.1, 0.15) is 5.69 Å². The van der Waals surface area contributed by atoms with Crippen molar-refractivity contribution >= 4 is 5.91 Å². The average molecular weight is 506 g/mol. The molecule has 0 bridgehead atoms.